The van der Waals surface area contributed by atoms with Crippen molar-refractivity contribution in [3.05, 3.63) is 35.6 Å². The first kappa shape index (κ1) is 24.1. The molecule has 1 aliphatic heterocycles. The molecule has 2 rings (SSSR count). The van der Waals surface area contributed by atoms with Crippen LogP contribution in [-0.2, 0) is 0 Å². The first-order valence-corrected chi connectivity index (χ1v) is 9.64. The Morgan fingerprint density at radius 2 is 1.89 bits per heavy atom. The largest absolute Gasteiger partial charge is 0.386 e. The second kappa shape index (κ2) is 11.8. The molecule has 1 aliphatic rings. The second-order valence-electron chi connectivity index (χ2n) is 7.47. The summed E-state index contributed by atoms with van der Waals surface area (Å²) in [4.78, 5) is 7.19. The molecule has 1 aromatic rings. The molecule has 5 nitrogen and oxygen atoms in total. The summed E-state index contributed by atoms with van der Waals surface area (Å²) in [6, 6.07) is 6.31. The normalized spacial score (nSPS) is 17.1. The van der Waals surface area contributed by atoms with Gasteiger partial charge in [0.05, 0.1) is 12.6 Å². The highest BCUT2D eigenvalue weighted by Crippen LogP contribution is 2.21. The monoisotopic (exact) mass is 492 g/mol. The minimum atomic E-state index is -0.921. The number of nitrogens with one attached hydrogen (secondary N) is 2. The van der Waals surface area contributed by atoms with Crippen molar-refractivity contribution < 1.29 is 9.50 Å². The summed E-state index contributed by atoms with van der Waals surface area (Å²) < 4.78 is 13.8. The highest BCUT2D eigenvalue weighted by atomic mass is 127. The van der Waals surface area contributed by atoms with Crippen molar-refractivity contribution >= 4 is 29.9 Å². The van der Waals surface area contributed by atoms with Crippen molar-refractivity contribution in [2.75, 3.05) is 32.7 Å². The van der Waals surface area contributed by atoms with Crippen molar-refractivity contribution in [3.63, 3.8) is 0 Å². The highest BCUT2D eigenvalue weighted by Gasteiger charge is 2.27. The molecule has 7 heteroatoms. The first-order chi connectivity index (χ1) is 12.4. The van der Waals surface area contributed by atoms with Gasteiger partial charge in [-0.2, -0.15) is 0 Å². The highest BCUT2D eigenvalue weighted by molar-refractivity contribution is 14.0. The third-order valence-corrected chi connectivity index (χ3v) is 4.91. The number of aliphatic hydroxyl groups is 1. The summed E-state index contributed by atoms with van der Waals surface area (Å²) in [5.74, 6) is 0.253. The molecule has 1 saturated heterocycles. The zero-order valence-electron chi connectivity index (χ0n) is 16.7. The molecule has 0 aromatic heterocycles. The standard InChI is InChI=1S/C20H33FN4O.HI/c1-4-22-19(23-14-18(26)16-10-6-7-11-17(16)21)24-15-20(2,3)25-12-8-5-9-13-25;/h6-7,10-11,18,26H,4-5,8-9,12-15H2,1-3H3,(H2,22,23,24);1H. The third kappa shape index (κ3) is 7.54. The maximum atomic E-state index is 13.8. The summed E-state index contributed by atoms with van der Waals surface area (Å²) in [6.07, 6.45) is 2.89. The van der Waals surface area contributed by atoms with Crippen LogP contribution in [0.3, 0.4) is 0 Å². The van der Waals surface area contributed by atoms with Crippen LogP contribution in [0.5, 0.6) is 0 Å². The average Bonchev–Trinajstić information content (AvgIpc) is 2.65. The molecular weight excluding hydrogens is 458 g/mol. The smallest absolute Gasteiger partial charge is 0.191 e. The second-order valence-corrected chi connectivity index (χ2v) is 7.47. The maximum absolute atomic E-state index is 13.8. The predicted octanol–water partition coefficient (Wildman–Crippen LogP) is 3.30. The molecule has 0 bridgehead atoms. The van der Waals surface area contributed by atoms with E-state index in [0.717, 1.165) is 19.6 Å². The van der Waals surface area contributed by atoms with E-state index in [4.69, 9.17) is 4.99 Å². The van der Waals surface area contributed by atoms with Crippen LogP contribution in [0.2, 0.25) is 0 Å². The number of aliphatic imine (C=N–C) groups is 1. The lowest BCUT2D eigenvalue weighted by atomic mass is 9.99. The predicted molar refractivity (Wildman–Crippen MR) is 120 cm³/mol. The van der Waals surface area contributed by atoms with Crippen LogP contribution in [0.25, 0.3) is 0 Å². The Balaban J connectivity index is 0.00000364. The molecule has 3 N–H and O–H groups in total. The molecule has 154 valence electrons. The molecule has 0 radical (unpaired) electrons. The molecule has 0 spiro atoms. The van der Waals surface area contributed by atoms with Gasteiger partial charge >= 0.3 is 0 Å². The van der Waals surface area contributed by atoms with Crippen molar-refractivity contribution in [1.29, 1.82) is 0 Å². The SMILES string of the molecule is CCNC(=NCC(C)(C)N1CCCCC1)NCC(O)c1ccccc1F.I. The Bertz CT molecular complexity index is 591. The fraction of sp³-hybridized carbons (Fsp3) is 0.650. The van der Waals surface area contributed by atoms with Crippen LogP contribution in [0, 0.1) is 5.82 Å². The molecule has 1 aromatic carbocycles. The van der Waals surface area contributed by atoms with E-state index in [1.807, 2.05) is 6.92 Å². The summed E-state index contributed by atoms with van der Waals surface area (Å²) in [5.41, 5.74) is 0.289. The van der Waals surface area contributed by atoms with Crippen LogP contribution >= 0.6 is 24.0 Å². The Kier molecular flexibility index (Phi) is 10.5. The van der Waals surface area contributed by atoms with E-state index in [1.54, 1.807) is 18.2 Å². The Morgan fingerprint density at radius 1 is 1.22 bits per heavy atom. The number of halogens is 2. The third-order valence-electron chi connectivity index (χ3n) is 4.91. The lowest BCUT2D eigenvalue weighted by Gasteiger charge is -2.40. The minimum absolute atomic E-state index is 0. The van der Waals surface area contributed by atoms with Crippen molar-refractivity contribution in [2.45, 2.75) is 51.7 Å². The van der Waals surface area contributed by atoms with Gasteiger partial charge in [0.25, 0.3) is 0 Å². The van der Waals surface area contributed by atoms with Gasteiger partial charge in [-0.1, -0.05) is 24.6 Å². The maximum Gasteiger partial charge on any atom is 0.191 e. The molecule has 1 fully saturated rings. The number of hydrogen-bond donors (Lipinski definition) is 3. The number of nitrogens with zero attached hydrogens (tertiary/aromatic N) is 2. The number of piperidine rings is 1. The molecule has 1 heterocycles. The Hall–Kier alpha value is -0.930. The van der Waals surface area contributed by atoms with Gasteiger partial charge in [0.1, 0.15) is 5.82 Å². The number of aliphatic hydroxyl groups excluding tert-OH is 1. The fourth-order valence-electron chi connectivity index (χ4n) is 3.26. The van der Waals surface area contributed by atoms with E-state index < -0.39 is 11.9 Å². The molecule has 27 heavy (non-hydrogen) atoms. The lowest BCUT2D eigenvalue weighted by molar-refractivity contribution is 0.102. The van der Waals surface area contributed by atoms with E-state index in [9.17, 15) is 9.50 Å². The van der Waals surface area contributed by atoms with Gasteiger partial charge in [-0.3, -0.25) is 9.89 Å². The summed E-state index contributed by atoms with van der Waals surface area (Å²) >= 11 is 0. The molecule has 0 saturated carbocycles. The minimum Gasteiger partial charge on any atom is -0.386 e. The summed E-state index contributed by atoms with van der Waals surface area (Å²) in [7, 11) is 0. The van der Waals surface area contributed by atoms with Gasteiger partial charge in [0.15, 0.2) is 5.96 Å². The summed E-state index contributed by atoms with van der Waals surface area (Å²) in [6.45, 7) is 10.3. The first-order valence-electron chi connectivity index (χ1n) is 9.64. The summed E-state index contributed by atoms with van der Waals surface area (Å²) in [5, 5.41) is 16.6. The van der Waals surface area contributed by atoms with Gasteiger partial charge in [-0.05, 0) is 52.8 Å². The Morgan fingerprint density at radius 3 is 2.52 bits per heavy atom. The number of benzene rings is 1. The van der Waals surface area contributed by atoms with E-state index in [1.165, 1.54) is 25.3 Å². The van der Waals surface area contributed by atoms with Crippen molar-refractivity contribution in [2.24, 2.45) is 4.99 Å². The van der Waals surface area contributed by atoms with Crippen molar-refractivity contribution in [1.82, 2.24) is 15.5 Å². The molecular formula is C20H34FIN4O. The van der Waals surface area contributed by atoms with Crippen LogP contribution in [-0.4, -0.2) is 54.2 Å². The lowest BCUT2D eigenvalue weighted by Crippen LogP contribution is -2.49. The topological polar surface area (TPSA) is 59.9 Å². The van der Waals surface area contributed by atoms with Gasteiger partial charge in [-0.15, -0.1) is 24.0 Å². The zero-order chi connectivity index (χ0) is 19.0. The van der Waals surface area contributed by atoms with E-state index in [2.05, 4.69) is 29.4 Å². The van der Waals surface area contributed by atoms with Crippen LogP contribution in [0.4, 0.5) is 4.39 Å². The number of hydrogen-bond acceptors (Lipinski definition) is 3. The number of guanidine groups is 1. The number of likely N-dealkylation sites (tertiary alicyclic amines) is 1. The molecule has 1 unspecified atom stereocenters. The van der Waals surface area contributed by atoms with Crippen LogP contribution in [0.15, 0.2) is 29.3 Å². The van der Waals surface area contributed by atoms with E-state index in [-0.39, 0.29) is 36.1 Å². The molecule has 0 amide bonds. The quantitative estimate of drug-likeness (QED) is 0.311. The molecule has 0 aliphatic carbocycles. The van der Waals surface area contributed by atoms with Gasteiger partial charge in [0, 0.05) is 24.2 Å². The number of rotatable bonds is 7. The van der Waals surface area contributed by atoms with Crippen LogP contribution < -0.4 is 10.6 Å². The Labute approximate surface area is 179 Å². The van der Waals surface area contributed by atoms with Crippen molar-refractivity contribution in [3.8, 4) is 0 Å². The zero-order valence-corrected chi connectivity index (χ0v) is 19.0. The molecule has 1 atom stereocenters. The van der Waals surface area contributed by atoms with Gasteiger partial charge < -0.3 is 15.7 Å². The average molecular weight is 492 g/mol. The van der Waals surface area contributed by atoms with Gasteiger partial charge in [0.2, 0.25) is 0 Å². The van der Waals surface area contributed by atoms with Gasteiger partial charge in [-0.25, -0.2) is 4.39 Å². The van der Waals surface area contributed by atoms with E-state index >= 15 is 0 Å². The van der Waals surface area contributed by atoms with Crippen LogP contribution in [0.1, 0.15) is 51.7 Å². The fourth-order valence-corrected chi connectivity index (χ4v) is 3.26. The van der Waals surface area contributed by atoms with E-state index in [0.29, 0.717) is 18.1 Å².